The smallest absolute Gasteiger partial charge is 0.416 e. The number of halogens is 3. The number of oxazole rings is 1. The van der Waals surface area contributed by atoms with Crippen LogP contribution in [0.25, 0.3) is 11.3 Å². The molecule has 152 valence electrons. The Hall–Kier alpha value is -3.26. The SMILES string of the molecule is FC(F)(F)c1ccc(-c2cnc(Nc3ccc(SCc4ccccc4)nc3)o2)cc1. The van der Waals surface area contributed by atoms with Crippen molar-refractivity contribution in [1.82, 2.24) is 9.97 Å². The first-order valence-electron chi connectivity index (χ1n) is 9.01. The zero-order chi connectivity index (χ0) is 21.0. The fraction of sp³-hybridized carbons (Fsp3) is 0.0909. The number of benzene rings is 2. The van der Waals surface area contributed by atoms with Gasteiger partial charge in [0.05, 0.1) is 28.7 Å². The third-order valence-electron chi connectivity index (χ3n) is 4.22. The van der Waals surface area contributed by atoms with Crippen LogP contribution in [0.15, 0.2) is 88.6 Å². The molecule has 2 heterocycles. The number of thioether (sulfide) groups is 1. The fourth-order valence-electron chi connectivity index (χ4n) is 2.68. The molecule has 0 saturated heterocycles. The van der Waals surface area contributed by atoms with Crippen LogP contribution >= 0.6 is 11.8 Å². The number of aromatic nitrogens is 2. The topological polar surface area (TPSA) is 51.0 Å². The van der Waals surface area contributed by atoms with E-state index in [1.54, 1.807) is 18.0 Å². The molecule has 0 atom stereocenters. The van der Waals surface area contributed by atoms with Gasteiger partial charge in [0.25, 0.3) is 6.01 Å². The summed E-state index contributed by atoms with van der Waals surface area (Å²) in [5.74, 6) is 1.20. The molecule has 0 aliphatic heterocycles. The molecule has 0 bridgehead atoms. The Labute approximate surface area is 175 Å². The molecule has 0 saturated carbocycles. The van der Waals surface area contributed by atoms with Gasteiger partial charge in [-0.3, -0.25) is 0 Å². The average molecular weight is 427 g/mol. The molecule has 0 fully saturated rings. The highest BCUT2D eigenvalue weighted by atomic mass is 32.2. The minimum atomic E-state index is -4.37. The number of hydrogen-bond acceptors (Lipinski definition) is 5. The minimum absolute atomic E-state index is 0.233. The summed E-state index contributed by atoms with van der Waals surface area (Å²) < 4.78 is 43.6. The second-order valence-corrected chi connectivity index (χ2v) is 7.38. The van der Waals surface area contributed by atoms with E-state index in [0.29, 0.717) is 17.0 Å². The number of nitrogens with zero attached hydrogens (tertiary/aromatic N) is 2. The normalized spacial score (nSPS) is 11.4. The van der Waals surface area contributed by atoms with Crippen molar-refractivity contribution >= 4 is 23.5 Å². The Balaban J connectivity index is 1.37. The summed E-state index contributed by atoms with van der Waals surface area (Å²) in [5.41, 5.74) is 1.72. The van der Waals surface area contributed by atoms with Gasteiger partial charge in [-0.15, -0.1) is 11.8 Å². The van der Waals surface area contributed by atoms with E-state index in [1.807, 2.05) is 30.3 Å². The average Bonchev–Trinajstić information content (AvgIpc) is 3.22. The minimum Gasteiger partial charge on any atom is -0.423 e. The number of hydrogen-bond donors (Lipinski definition) is 1. The Morgan fingerprint density at radius 2 is 1.63 bits per heavy atom. The Morgan fingerprint density at radius 1 is 0.867 bits per heavy atom. The lowest BCUT2D eigenvalue weighted by molar-refractivity contribution is -0.137. The van der Waals surface area contributed by atoms with Crippen LogP contribution in [-0.2, 0) is 11.9 Å². The lowest BCUT2D eigenvalue weighted by atomic mass is 10.1. The van der Waals surface area contributed by atoms with E-state index in [4.69, 9.17) is 4.42 Å². The summed E-state index contributed by atoms with van der Waals surface area (Å²) in [6.07, 6.45) is -1.23. The molecule has 0 spiro atoms. The molecule has 0 aliphatic carbocycles. The van der Waals surface area contributed by atoms with E-state index in [2.05, 4.69) is 27.4 Å². The van der Waals surface area contributed by atoms with Gasteiger partial charge in [-0.05, 0) is 29.8 Å². The van der Waals surface area contributed by atoms with E-state index >= 15 is 0 Å². The summed E-state index contributed by atoms with van der Waals surface area (Å²) in [5, 5.41) is 3.89. The van der Waals surface area contributed by atoms with Gasteiger partial charge >= 0.3 is 6.18 Å². The predicted molar refractivity (Wildman–Crippen MR) is 110 cm³/mol. The molecule has 0 unspecified atom stereocenters. The molecule has 0 aliphatic rings. The standard InChI is InChI=1S/C22H16F3N3OS/c23-22(24,25)17-8-6-16(7-9-17)19-13-27-21(29-19)28-18-10-11-20(26-12-18)30-14-15-4-2-1-3-5-15/h1-13H,14H2,(H,27,28). The molecule has 30 heavy (non-hydrogen) atoms. The van der Waals surface area contributed by atoms with Gasteiger partial charge in [-0.2, -0.15) is 13.2 Å². The third-order valence-corrected chi connectivity index (χ3v) is 5.23. The highest BCUT2D eigenvalue weighted by Crippen LogP contribution is 2.32. The molecule has 0 amide bonds. The molecule has 0 radical (unpaired) electrons. The zero-order valence-corrected chi connectivity index (χ0v) is 16.4. The Kier molecular flexibility index (Phi) is 5.76. The quantitative estimate of drug-likeness (QED) is 0.343. The van der Waals surface area contributed by atoms with Crippen molar-refractivity contribution in [1.29, 1.82) is 0 Å². The zero-order valence-electron chi connectivity index (χ0n) is 15.6. The summed E-state index contributed by atoms with van der Waals surface area (Å²) in [6.45, 7) is 0. The van der Waals surface area contributed by atoms with Crippen molar-refractivity contribution in [3.05, 3.63) is 90.3 Å². The molecule has 1 N–H and O–H groups in total. The number of anilines is 2. The molecular formula is C22H16F3N3OS. The highest BCUT2D eigenvalue weighted by molar-refractivity contribution is 7.98. The first-order chi connectivity index (χ1) is 14.5. The van der Waals surface area contributed by atoms with Crippen molar-refractivity contribution < 1.29 is 17.6 Å². The van der Waals surface area contributed by atoms with E-state index in [0.717, 1.165) is 22.9 Å². The summed E-state index contributed by atoms with van der Waals surface area (Å²) in [4.78, 5) is 8.54. The summed E-state index contributed by atoms with van der Waals surface area (Å²) >= 11 is 1.63. The molecule has 4 aromatic rings. The van der Waals surface area contributed by atoms with E-state index in [1.165, 1.54) is 23.9 Å². The summed E-state index contributed by atoms with van der Waals surface area (Å²) in [7, 11) is 0. The van der Waals surface area contributed by atoms with Crippen LogP contribution in [-0.4, -0.2) is 9.97 Å². The number of alkyl halides is 3. The Bertz CT molecular complexity index is 1100. The third kappa shape index (κ3) is 5.01. The molecule has 4 nitrogen and oxygen atoms in total. The fourth-order valence-corrected chi connectivity index (χ4v) is 3.48. The summed E-state index contributed by atoms with van der Waals surface area (Å²) in [6, 6.07) is 18.9. The number of pyridine rings is 1. The van der Waals surface area contributed by atoms with Crippen molar-refractivity contribution in [2.75, 3.05) is 5.32 Å². The van der Waals surface area contributed by atoms with Crippen molar-refractivity contribution in [2.45, 2.75) is 17.0 Å². The lowest BCUT2D eigenvalue weighted by Gasteiger charge is -2.06. The van der Waals surface area contributed by atoms with Gasteiger partial charge in [0.1, 0.15) is 0 Å². The van der Waals surface area contributed by atoms with Gasteiger partial charge in [0, 0.05) is 11.3 Å². The van der Waals surface area contributed by atoms with Crippen LogP contribution in [0.1, 0.15) is 11.1 Å². The maximum Gasteiger partial charge on any atom is 0.416 e. The lowest BCUT2D eigenvalue weighted by Crippen LogP contribution is -2.03. The van der Waals surface area contributed by atoms with Crippen molar-refractivity contribution in [3.8, 4) is 11.3 Å². The van der Waals surface area contributed by atoms with E-state index < -0.39 is 11.7 Å². The first kappa shape index (κ1) is 20.0. The van der Waals surface area contributed by atoms with Crippen LogP contribution in [0.3, 0.4) is 0 Å². The largest absolute Gasteiger partial charge is 0.423 e. The second kappa shape index (κ2) is 8.62. The predicted octanol–water partition coefficient (Wildman–Crippen LogP) is 6.79. The monoisotopic (exact) mass is 427 g/mol. The van der Waals surface area contributed by atoms with Crippen LogP contribution in [0, 0.1) is 0 Å². The van der Waals surface area contributed by atoms with E-state index in [9.17, 15) is 13.2 Å². The maximum absolute atomic E-state index is 12.7. The Morgan fingerprint density at radius 3 is 2.30 bits per heavy atom. The molecule has 8 heteroatoms. The highest BCUT2D eigenvalue weighted by Gasteiger charge is 2.30. The molecular weight excluding hydrogens is 411 g/mol. The first-order valence-corrected chi connectivity index (χ1v) is 9.99. The van der Waals surface area contributed by atoms with Gasteiger partial charge < -0.3 is 9.73 Å². The second-order valence-electron chi connectivity index (χ2n) is 6.39. The number of rotatable bonds is 6. The van der Waals surface area contributed by atoms with Gasteiger partial charge in [0.15, 0.2) is 5.76 Å². The maximum atomic E-state index is 12.7. The van der Waals surface area contributed by atoms with Crippen LogP contribution in [0.4, 0.5) is 24.9 Å². The number of nitrogens with one attached hydrogen (secondary N) is 1. The molecule has 2 aromatic carbocycles. The van der Waals surface area contributed by atoms with Crippen molar-refractivity contribution in [3.63, 3.8) is 0 Å². The molecule has 2 aromatic heterocycles. The van der Waals surface area contributed by atoms with E-state index in [-0.39, 0.29) is 6.01 Å². The van der Waals surface area contributed by atoms with Gasteiger partial charge in [-0.1, -0.05) is 42.5 Å². The van der Waals surface area contributed by atoms with Gasteiger partial charge in [-0.25, -0.2) is 9.97 Å². The van der Waals surface area contributed by atoms with Crippen LogP contribution < -0.4 is 5.32 Å². The van der Waals surface area contributed by atoms with Crippen molar-refractivity contribution in [2.24, 2.45) is 0 Å². The van der Waals surface area contributed by atoms with Gasteiger partial charge in [0.2, 0.25) is 0 Å². The van der Waals surface area contributed by atoms with Crippen LogP contribution in [0.2, 0.25) is 0 Å². The molecule has 4 rings (SSSR count). The van der Waals surface area contributed by atoms with Crippen LogP contribution in [0.5, 0.6) is 0 Å².